The van der Waals surface area contributed by atoms with Crippen LogP contribution >= 0.6 is 0 Å². The van der Waals surface area contributed by atoms with Crippen LogP contribution in [-0.2, 0) is 94.9 Å². The summed E-state index contributed by atoms with van der Waals surface area (Å²) in [6.45, 7) is 21.4. The Kier molecular flexibility index (Phi) is 22.6. The van der Waals surface area contributed by atoms with Gasteiger partial charge in [0.1, 0.15) is 72.6 Å². The summed E-state index contributed by atoms with van der Waals surface area (Å²) in [7, 11) is 3.26. The van der Waals surface area contributed by atoms with Crippen molar-refractivity contribution in [2.45, 2.75) is 395 Å². The van der Waals surface area contributed by atoms with Gasteiger partial charge in [-0.05, 0) is 124 Å². The molecule has 20 rings (SSSR count). The molecule has 20 aliphatic heterocycles. The molecule has 4 N–H and O–H groups in total. The predicted molar refractivity (Wildman–Crippen MR) is 375 cm³/mol. The van der Waals surface area contributed by atoms with Gasteiger partial charge in [0.25, 0.3) is 0 Å². The average Bonchev–Trinajstić information content (AvgIpc) is 1.56. The number of Topliss-reactive ketones (excluding diaryl/α,β-unsaturated/α-hetero) is 2. The Labute approximate surface area is 619 Å². The van der Waals surface area contributed by atoms with Gasteiger partial charge in [-0.1, -0.05) is 47.6 Å². The largest absolute Gasteiger partial charge is 0.394 e. The first kappa shape index (κ1) is 76.4. The standard InChI is InChI=1S/2C40H58O12.CH4/c2*1-19-11-24-5-7-28-20(2)12-26(45-28)9-10-40-17-33-36(51-40)37-38(50-33)39(52-40)35-29(49-37)8-6-25(47-35)13-22(42)14-27-31(16-30(46-24)21(19)3)48-32(34(27)44-4)15-23(43)18-41;/h2*19,23-39,41,43H,2-3,5-18H2,1,4H3;1H4. The Hall–Kier alpha value is -2.58. The van der Waals surface area contributed by atoms with Gasteiger partial charge in [0.05, 0.1) is 148 Å². The maximum Gasteiger partial charge on any atom is 0.172 e. The van der Waals surface area contributed by atoms with Gasteiger partial charge in [-0.25, -0.2) is 0 Å². The lowest BCUT2D eigenvalue weighted by molar-refractivity contribution is -0.292. The molecule has 20 aliphatic rings. The minimum atomic E-state index is -0.951. The van der Waals surface area contributed by atoms with Gasteiger partial charge in [0.15, 0.2) is 11.6 Å². The van der Waals surface area contributed by atoms with Crippen LogP contribution in [0.1, 0.15) is 188 Å². The van der Waals surface area contributed by atoms with Crippen molar-refractivity contribution in [1.82, 2.24) is 0 Å². The van der Waals surface area contributed by atoms with Crippen molar-refractivity contribution in [2.75, 3.05) is 27.4 Å². The number of fused-ring (bicyclic) bond motifs is 12. The van der Waals surface area contributed by atoms with Gasteiger partial charge < -0.3 is 106 Å². The number of hydrogen-bond acceptors (Lipinski definition) is 24. The maximum atomic E-state index is 14.0. The van der Waals surface area contributed by atoms with E-state index in [1.54, 1.807) is 14.2 Å². The molecule has 24 nitrogen and oxygen atoms in total. The first-order valence-corrected chi connectivity index (χ1v) is 40.2. The van der Waals surface area contributed by atoms with Crippen molar-refractivity contribution in [1.29, 1.82) is 0 Å². The van der Waals surface area contributed by atoms with Gasteiger partial charge in [-0.3, -0.25) is 9.59 Å². The summed E-state index contributed by atoms with van der Waals surface area (Å²) < 4.78 is 120. The molecule has 24 heteroatoms. The summed E-state index contributed by atoms with van der Waals surface area (Å²) in [6, 6.07) is 0. The van der Waals surface area contributed by atoms with Crippen molar-refractivity contribution in [2.24, 2.45) is 23.7 Å². The second kappa shape index (κ2) is 31.1. The third-order valence-corrected chi connectivity index (χ3v) is 27.8. The van der Waals surface area contributed by atoms with Crippen LogP contribution in [0.3, 0.4) is 0 Å². The molecule has 0 radical (unpaired) electrons. The number of aliphatic hydroxyl groups excluding tert-OH is 4. The van der Waals surface area contributed by atoms with Crippen LogP contribution in [0, 0.1) is 23.7 Å². The predicted octanol–water partition coefficient (Wildman–Crippen LogP) is 7.58. The zero-order valence-electron chi connectivity index (χ0n) is 61.4. The molecule has 2 spiro atoms. The van der Waals surface area contributed by atoms with E-state index in [-0.39, 0.29) is 253 Å². The number of rotatable bonds is 8. The molecule has 0 aliphatic carbocycles. The summed E-state index contributed by atoms with van der Waals surface area (Å²) in [4.78, 5) is 28.1. The van der Waals surface area contributed by atoms with Gasteiger partial charge in [-0.2, -0.15) is 0 Å². The fourth-order valence-corrected chi connectivity index (χ4v) is 22.5. The van der Waals surface area contributed by atoms with E-state index in [0.29, 0.717) is 51.4 Å². The summed E-state index contributed by atoms with van der Waals surface area (Å²) in [5, 5.41) is 40.1. The van der Waals surface area contributed by atoms with Crippen LogP contribution in [0.4, 0.5) is 0 Å². The summed E-state index contributed by atoms with van der Waals surface area (Å²) >= 11 is 0. The molecule has 0 aromatic heterocycles. The highest BCUT2D eigenvalue weighted by Gasteiger charge is 2.71. The lowest BCUT2D eigenvalue weighted by atomic mass is 9.81. The van der Waals surface area contributed by atoms with Gasteiger partial charge >= 0.3 is 0 Å². The smallest absolute Gasteiger partial charge is 0.172 e. The lowest BCUT2D eigenvalue weighted by Gasteiger charge is -2.47. The Bertz CT molecular complexity index is 2950. The summed E-state index contributed by atoms with van der Waals surface area (Å²) in [5.74, 6) is -1.42. The third-order valence-electron chi connectivity index (χ3n) is 27.8. The number of aliphatic hydroxyl groups is 4. The third kappa shape index (κ3) is 14.9. The van der Waals surface area contributed by atoms with Crippen molar-refractivity contribution in [3.8, 4) is 0 Å². The molecule has 20 fully saturated rings. The van der Waals surface area contributed by atoms with E-state index in [0.717, 1.165) is 99.3 Å². The summed E-state index contributed by atoms with van der Waals surface area (Å²) in [5.41, 5.74) is 4.34. The van der Waals surface area contributed by atoms with Crippen LogP contribution in [0.5, 0.6) is 0 Å². The molecule has 588 valence electrons. The van der Waals surface area contributed by atoms with Crippen LogP contribution in [0.15, 0.2) is 48.6 Å². The van der Waals surface area contributed by atoms with Crippen LogP contribution in [0.2, 0.25) is 0 Å². The molecule has 38 unspecified atom stereocenters. The number of ketones is 2. The van der Waals surface area contributed by atoms with Crippen molar-refractivity contribution >= 4 is 11.6 Å². The highest BCUT2D eigenvalue weighted by molar-refractivity contribution is 5.80. The van der Waals surface area contributed by atoms with Crippen molar-refractivity contribution in [3.63, 3.8) is 0 Å². The van der Waals surface area contributed by atoms with E-state index in [1.807, 2.05) is 0 Å². The Morgan fingerprint density at radius 2 is 0.771 bits per heavy atom. The minimum Gasteiger partial charge on any atom is -0.394 e. The van der Waals surface area contributed by atoms with Crippen LogP contribution in [0.25, 0.3) is 0 Å². The highest BCUT2D eigenvalue weighted by Crippen LogP contribution is 2.57. The van der Waals surface area contributed by atoms with E-state index in [2.05, 4.69) is 40.2 Å². The molecule has 0 aromatic rings. The normalized spacial score (nSPS) is 51.9. The molecule has 20 heterocycles. The Morgan fingerprint density at radius 3 is 1.18 bits per heavy atom. The molecule has 0 amide bonds. The fraction of sp³-hybridized carbons (Fsp3) is 0.877. The topological polar surface area (TPSA) is 281 Å². The molecule has 20 saturated heterocycles. The monoisotopic (exact) mass is 1480 g/mol. The molecule has 0 aromatic carbocycles. The molecular weight excluding hydrogens is 1360 g/mol. The number of carbonyl (C=O) groups is 2. The van der Waals surface area contributed by atoms with E-state index < -0.39 is 48.2 Å². The maximum absolute atomic E-state index is 14.0. The molecule has 38 atom stereocenters. The first-order valence-electron chi connectivity index (χ1n) is 40.2. The quantitative estimate of drug-likeness (QED) is 0.170. The molecule has 105 heavy (non-hydrogen) atoms. The van der Waals surface area contributed by atoms with Gasteiger partial charge in [0.2, 0.25) is 0 Å². The number of carbonyl (C=O) groups excluding carboxylic acids is 2. The van der Waals surface area contributed by atoms with E-state index >= 15 is 0 Å². The lowest BCUT2D eigenvalue weighted by Crippen LogP contribution is -2.61. The molecule has 0 saturated carbocycles. The van der Waals surface area contributed by atoms with Crippen molar-refractivity contribution in [3.05, 3.63) is 48.6 Å². The highest BCUT2D eigenvalue weighted by atomic mass is 16.8. The molecular formula is C81H120O24. The minimum absolute atomic E-state index is 0. The Balaban J connectivity index is 0.000000160. The molecule has 24 bridgehead atoms. The Morgan fingerprint density at radius 1 is 0.400 bits per heavy atom. The van der Waals surface area contributed by atoms with Gasteiger partial charge in [-0.15, -0.1) is 0 Å². The SMILES string of the molecule is C.C=C1CC2CCC34CC5OC6C(OC7CCC(CC(=O)CC8C(CC9OC(CCC1O2)CC(C)C9=C)OC(CC(O)CO)C8OC)OC7C6O3)C5O4.C=C1CC2CCC34CC5OC6C(OC7CCC(CC(=O)CC8C(CC9OC(CCC1O2)CC(C)C9=C)OC(CC(O)CO)C8OC)OC7C6O3)C5O4. The average molecular weight is 1480 g/mol. The van der Waals surface area contributed by atoms with E-state index in [4.69, 9.17) is 85.3 Å². The first-order chi connectivity index (χ1) is 50.2. The second-order valence-corrected chi connectivity index (χ2v) is 34.7. The van der Waals surface area contributed by atoms with Crippen molar-refractivity contribution < 1.29 is 115 Å². The number of methoxy groups -OCH3 is 2. The second-order valence-electron chi connectivity index (χ2n) is 34.7. The number of ether oxygens (including phenoxy) is 18. The summed E-state index contributed by atoms with van der Waals surface area (Å²) in [6.07, 6.45) is 8.03. The van der Waals surface area contributed by atoms with E-state index in [1.165, 1.54) is 0 Å². The van der Waals surface area contributed by atoms with Crippen LogP contribution in [-0.4, -0.2) is 266 Å². The van der Waals surface area contributed by atoms with Crippen LogP contribution < -0.4 is 0 Å². The number of hydrogen-bond donors (Lipinski definition) is 4. The zero-order chi connectivity index (χ0) is 71.8. The fourth-order valence-electron chi connectivity index (χ4n) is 22.5. The zero-order valence-corrected chi connectivity index (χ0v) is 61.4. The van der Waals surface area contributed by atoms with Gasteiger partial charge in [0, 0.05) is 103 Å². The van der Waals surface area contributed by atoms with E-state index in [9.17, 15) is 30.0 Å².